The number of carbonyl (C=O) groups is 3. The highest BCUT2D eigenvalue weighted by Gasteiger charge is 2.53. The van der Waals surface area contributed by atoms with Crippen molar-refractivity contribution in [3.63, 3.8) is 0 Å². The molecule has 0 aliphatic carbocycles. The highest BCUT2D eigenvalue weighted by molar-refractivity contribution is 6.25. The van der Waals surface area contributed by atoms with Gasteiger partial charge in [0.15, 0.2) is 5.41 Å². The monoisotopic (exact) mass is 308 g/mol. The van der Waals surface area contributed by atoms with Gasteiger partial charge in [-0.3, -0.25) is 20.2 Å². The standard InChI is InChI=1S/C18H16N2O3/c1-11-3-7-13(8-4-11)18(14-9-5-12(2)6-10-14)15(21)19-17(23)20-16(18)22/h3-10H,1-2H3,(H2,19,20,21,22,23). The fourth-order valence-corrected chi connectivity index (χ4v) is 2.83. The normalized spacial score (nSPS) is 16.7. The van der Waals surface area contributed by atoms with Crippen molar-refractivity contribution < 1.29 is 14.4 Å². The summed E-state index contributed by atoms with van der Waals surface area (Å²) in [4.78, 5) is 36.9. The van der Waals surface area contributed by atoms with Crippen molar-refractivity contribution in [2.45, 2.75) is 19.3 Å². The van der Waals surface area contributed by atoms with E-state index in [4.69, 9.17) is 0 Å². The van der Waals surface area contributed by atoms with E-state index in [2.05, 4.69) is 10.6 Å². The van der Waals surface area contributed by atoms with Crippen LogP contribution < -0.4 is 10.6 Å². The van der Waals surface area contributed by atoms with Gasteiger partial charge in [-0.25, -0.2) is 4.79 Å². The van der Waals surface area contributed by atoms with Crippen molar-refractivity contribution in [1.29, 1.82) is 0 Å². The van der Waals surface area contributed by atoms with Crippen LogP contribution in [0.1, 0.15) is 22.3 Å². The van der Waals surface area contributed by atoms with Gasteiger partial charge in [-0.15, -0.1) is 0 Å². The predicted octanol–water partition coefficient (Wildman–Crippen LogP) is 1.96. The van der Waals surface area contributed by atoms with Crippen LogP contribution in [0.5, 0.6) is 0 Å². The maximum absolute atomic E-state index is 12.7. The average molecular weight is 308 g/mol. The number of nitrogens with one attached hydrogen (secondary N) is 2. The quantitative estimate of drug-likeness (QED) is 0.833. The van der Waals surface area contributed by atoms with Crippen LogP contribution in [0, 0.1) is 13.8 Å². The van der Waals surface area contributed by atoms with Gasteiger partial charge in [0.25, 0.3) is 11.8 Å². The molecule has 4 amide bonds. The van der Waals surface area contributed by atoms with Crippen LogP contribution >= 0.6 is 0 Å². The first-order valence-corrected chi connectivity index (χ1v) is 7.26. The van der Waals surface area contributed by atoms with Gasteiger partial charge >= 0.3 is 6.03 Å². The van der Waals surface area contributed by atoms with Crippen molar-refractivity contribution in [3.05, 3.63) is 70.8 Å². The Morgan fingerprint density at radius 3 is 1.35 bits per heavy atom. The van der Waals surface area contributed by atoms with Gasteiger partial charge in [0, 0.05) is 0 Å². The van der Waals surface area contributed by atoms with E-state index in [9.17, 15) is 14.4 Å². The van der Waals surface area contributed by atoms with E-state index in [1.165, 1.54) is 0 Å². The first-order valence-electron chi connectivity index (χ1n) is 7.26. The Balaban J connectivity index is 2.27. The molecule has 0 saturated carbocycles. The summed E-state index contributed by atoms with van der Waals surface area (Å²) in [5, 5.41) is 4.43. The zero-order valence-corrected chi connectivity index (χ0v) is 12.8. The molecule has 1 heterocycles. The molecule has 1 aliphatic heterocycles. The molecule has 0 unspecified atom stereocenters. The molecule has 1 aliphatic rings. The number of barbiturate groups is 1. The fraction of sp³-hybridized carbons (Fsp3) is 0.167. The summed E-state index contributed by atoms with van der Waals surface area (Å²) < 4.78 is 0. The topological polar surface area (TPSA) is 75.3 Å². The minimum atomic E-state index is -1.57. The molecule has 2 N–H and O–H groups in total. The van der Waals surface area contributed by atoms with Crippen LogP contribution in [0.15, 0.2) is 48.5 Å². The molecule has 23 heavy (non-hydrogen) atoms. The number of carbonyl (C=O) groups excluding carboxylic acids is 3. The van der Waals surface area contributed by atoms with Crippen molar-refractivity contribution in [2.75, 3.05) is 0 Å². The number of rotatable bonds is 2. The molecule has 5 nitrogen and oxygen atoms in total. The maximum atomic E-state index is 12.7. The summed E-state index contributed by atoms with van der Waals surface area (Å²) in [6.45, 7) is 3.85. The third kappa shape index (κ3) is 2.30. The summed E-state index contributed by atoms with van der Waals surface area (Å²) in [6.07, 6.45) is 0. The van der Waals surface area contributed by atoms with E-state index in [1.54, 1.807) is 24.3 Å². The summed E-state index contributed by atoms with van der Waals surface area (Å²) in [5.74, 6) is -1.28. The Labute approximate surface area is 133 Å². The van der Waals surface area contributed by atoms with Gasteiger partial charge in [0.2, 0.25) is 0 Å². The molecule has 2 aromatic carbocycles. The molecular formula is C18H16N2O3. The molecule has 0 atom stereocenters. The van der Waals surface area contributed by atoms with Gasteiger partial charge in [0.1, 0.15) is 0 Å². The number of urea groups is 1. The zero-order chi connectivity index (χ0) is 16.6. The maximum Gasteiger partial charge on any atom is 0.328 e. The molecule has 2 aromatic rings. The Hall–Kier alpha value is -2.95. The summed E-state index contributed by atoms with van der Waals surface area (Å²) in [7, 11) is 0. The van der Waals surface area contributed by atoms with Crippen LogP contribution in [0.4, 0.5) is 4.79 Å². The Morgan fingerprint density at radius 2 is 1.00 bits per heavy atom. The zero-order valence-electron chi connectivity index (χ0n) is 12.8. The number of benzene rings is 2. The van der Waals surface area contributed by atoms with Crippen LogP contribution in [-0.4, -0.2) is 17.8 Å². The first-order chi connectivity index (χ1) is 10.9. The Kier molecular flexibility index (Phi) is 3.48. The lowest BCUT2D eigenvalue weighted by molar-refractivity contribution is -0.136. The molecule has 3 rings (SSSR count). The highest BCUT2D eigenvalue weighted by atomic mass is 16.2. The number of amides is 4. The molecule has 0 radical (unpaired) electrons. The van der Waals surface area contributed by atoms with Gasteiger partial charge in [-0.1, -0.05) is 59.7 Å². The molecular weight excluding hydrogens is 292 g/mol. The van der Waals surface area contributed by atoms with Gasteiger partial charge in [-0.2, -0.15) is 0 Å². The summed E-state index contributed by atoms with van der Waals surface area (Å²) in [5.41, 5.74) is 1.50. The number of aryl methyl sites for hydroxylation is 2. The Bertz CT molecular complexity index is 725. The molecule has 5 heteroatoms. The Morgan fingerprint density at radius 1 is 0.652 bits per heavy atom. The van der Waals surface area contributed by atoms with Crippen LogP contribution in [0.25, 0.3) is 0 Å². The summed E-state index contributed by atoms with van der Waals surface area (Å²) in [6, 6.07) is 13.5. The van der Waals surface area contributed by atoms with Crippen LogP contribution in [0.3, 0.4) is 0 Å². The van der Waals surface area contributed by atoms with Gasteiger partial charge in [0.05, 0.1) is 0 Å². The van der Waals surface area contributed by atoms with Crippen molar-refractivity contribution >= 4 is 17.8 Å². The van der Waals surface area contributed by atoms with Crippen LogP contribution in [0.2, 0.25) is 0 Å². The van der Waals surface area contributed by atoms with Gasteiger partial charge < -0.3 is 0 Å². The second-order valence-corrected chi connectivity index (χ2v) is 5.72. The van der Waals surface area contributed by atoms with Crippen molar-refractivity contribution in [2.24, 2.45) is 0 Å². The van der Waals surface area contributed by atoms with E-state index in [0.717, 1.165) is 11.1 Å². The molecule has 1 fully saturated rings. The van der Waals surface area contributed by atoms with E-state index >= 15 is 0 Å². The third-order valence-electron chi connectivity index (χ3n) is 4.10. The number of hydrogen-bond acceptors (Lipinski definition) is 3. The lowest BCUT2D eigenvalue weighted by Crippen LogP contribution is -2.65. The second-order valence-electron chi connectivity index (χ2n) is 5.72. The van der Waals surface area contributed by atoms with E-state index in [-0.39, 0.29) is 0 Å². The third-order valence-corrected chi connectivity index (χ3v) is 4.10. The average Bonchev–Trinajstić information content (AvgIpc) is 2.50. The van der Waals surface area contributed by atoms with Crippen molar-refractivity contribution in [3.8, 4) is 0 Å². The summed E-state index contributed by atoms with van der Waals surface area (Å²) >= 11 is 0. The lowest BCUT2D eigenvalue weighted by Gasteiger charge is -2.34. The predicted molar refractivity (Wildman–Crippen MR) is 84.8 cm³/mol. The lowest BCUT2D eigenvalue weighted by atomic mass is 9.71. The molecule has 0 spiro atoms. The minimum absolute atomic E-state index is 0.523. The molecule has 116 valence electrons. The van der Waals surface area contributed by atoms with Crippen molar-refractivity contribution in [1.82, 2.24) is 10.6 Å². The minimum Gasteiger partial charge on any atom is -0.276 e. The fourth-order valence-electron chi connectivity index (χ4n) is 2.83. The number of hydrogen-bond donors (Lipinski definition) is 2. The van der Waals surface area contributed by atoms with Crippen LogP contribution in [-0.2, 0) is 15.0 Å². The molecule has 1 saturated heterocycles. The highest BCUT2D eigenvalue weighted by Crippen LogP contribution is 2.35. The van der Waals surface area contributed by atoms with Gasteiger partial charge in [-0.05, 0) is 25.0 Å². The van der Waals surface area contributed by atoms with E-state index in [1.807, 2.05) is 38.1 Å². The largest absolute Gasteiger partial charge is 0.328 e. The van der Waals surface area contributed by atoms with E-state index in [0.29, 0.717) is 11.1 Å². The smallest absolute Gasteiger partial charge is 0.276 e. The SMILES string of the molecule is Cc1ccc(C2(c3ccc(C)cc3)C(=O)NC(=O)NC2=O)cc1. The van der Waals surface area contributed by atoms with E-state index < -0.39 is 23.3 Å². The first kappa shape index (κ1) is 15.0. The number of imide groups is 2. The molecule has 0 aromatic heterocycles. The molecule has 0 bridgehead atoms. The second kappa shape index (κ2) is 5.35.